The Morgan fingerprint density at radius 1 is 1.30 bits per heavy atom. The van der Waals surface area contributed by atoms with E-state index in [9.17, 15) is 4.79 Å². The first-order valence-corrected chi connectivity index (χ1v) is 6.20. The van der Waals surface area contributed by atoms with E-state index in [2.05, 4.69) is 10.3 Å². The molecule has 0 spiro atoms. The molecular weight excluding hydrogens is 254 g/mol. The van der Waals surface area contributed by atoms with Crippen molar-refractivity contribution in [2.75, 3.05) is 18.2 Å². The molecule has 5 heteroatoms. The molecule has 2 aromatic rings. The molecule has 0 saturated heterocycles. The number of ether oxygens (including phenoxy) is 1. The number of aromatic nitrogens is 1. The van der Waals surface area contributed by atoms with Crippen LogP contribution in [0.15, 0.2) is 30.3 Å². The van der Waals surface area contributed by atoms with Crippen LogP contribution >= 0.6 is 0 Å². The maximum absolute atomic E-state index is 12.2. The fourth-order valence-corrected chi connectivity index (χ4v) is 2.01. The fourth-order valence-electron chi connectivity index (χ4n) is 2.01. The van der Waals surface area contributed by atoms with Crippen molar-refractivity contribution >= 4 is 17.4 Å². The second-order valence-electron chi connectivity index (χ2n) is 4.55. The van der Waals surface area contributed by atoms with Gasteiger partial charge in [0, 0.05) is 5.69 Å². The molecule has 0 unspecified atom stereocenters. The van der Waals surface area contributed by atoms with E-state index < -0.39 is 0 Å². The Balaban J connectivity index is 2.28. The predicted molar refractivity (Wildman–Crippen MR) is 79.1 cm³/mol. The van der Waals surface area contributed by atoms with Gasteiger partial charge in [-0.3, -0.25) is 4.79 Å². The number of nitrogens with two attached hydrogens (primary N) is 1. The SMILES string of the molecule is COc1cccc(C(=O)Nc2cc(C)cc(C)n2)c1N. The number of carbonyl (C=O) groups excluding carboxylic acids is 1. The number of pyridine rings is 1. The molecule has 0 aliphatic rings. The number of anilines is 2. The van der Waals surface area contributed by atoms with Gasteiger partial charge in [-0.05, 0) is 43.7 Å². The number of hydrogen-bond acceptors (Lipinski definition) is 4. The van der Waals surface area contributed by atoms with Gasteiger partial charge in [-0.25, -0.2) is 4.98 Å². The molecule has 5 nitrogen and oxygen atoms in total. The lowest BCUT2D eigenvalue weighted by Gasteiger charge is -2.10. The molecule has 0 radical (unpaired) electrons. The van der Waals surface area contributed by atoms with Crippen molar-refractivity contribution in [3.05, 3.63) is 47.2 Å². The standard InChI is InChI=1S/C15H17N3O2/c1-9-7-10(2)17-13(8-9)18-15(19)11-5-4-6-12(20-3)14(11)16/h4-8H,16H2,1-3H3,(H,17,18,19). The van der Waals surface area contributed by atoms with Crippen LogP contribution in [0.5, 0.6) is 5.75 Å². The summed E-state index contributed by atoms with van der Waals surface area (Å²) in [6.45, 7) is 3.83. The van der Waals surface area contributed by atoms with Crippen molar-refractivity contribution in [1.82, 2.24) is 4.98 Å². The number of benzene rings is 1. The van der Waals surface area contributed by atoms with E-state index in [-0.39, 0.29) is 5.91 Å². The molecule has 0 atom stereocenters. The molecule has 1 amide bonds. The van der Waals surface area contributed by atoms with Gasteiger partial charge in [0.1, 0.15) is 11.6 Å². The van der Waals surface area contributed by atoms with Gasteiger partial charge in [-0.2, -0.15) is 0 Å². The summed E-state index contributed by atoms with van der Waals surface area (Å²) in [7, 11) is 1.51. The monoisotopic (exact) mass is 271 g/mol. The summed E-state index contributed by atoms with van der Waals surface area (Å²) in [6, 6.07) is 8.83. The number of aryl methyl sites for hydroxylation is 2. The van der Waals surface area contributed by atoms with Crippen LogP contribution in [0.2, 0.25) is 0 Å². The highest BCUT2D eigenvalue weighted by atomic mass is 16.5. The minimum atomic E-state index is -0.307. The molecule has 0 bridgehead atoms. The molecule has 0 aliphatic heterocycles. The van der Waals surface area contributed by atoms with Gasteiger partial charge < -0.3 is 15.8 Å². The second kappa shape index (κ2) is 5.61. The van der Waals surface area contributed by atoms with Gasteiger partial charge in [0.2, 0.25) is 0 Å². The van der Waals surface area contributed by atoms with E-state index >= 15 is 0 Å². The lowest BCUT2D eigenvalue weighted by molar-refractivity contribution is 0.102. The summed E-state index contributed by atoms with van der Waals surface area (Å²) < 4.78 is 5.10. The van der Waals surface area contributed by atoms with Gasteiger partial charge in [-0.15, -0.1) is 0 Å². The molecule has 2 rings (SSSR count). The number of carbonyl (C=O) groups is 1. The van der Waals surface area contributed by atoms with Crippen molar-refractivity contribution in [2.24, 2.45) is 0 Å². The molecule has 1 heterocycles. The van der Waals surface area contributed by atoms with Gasteiger partial charge in [0.15, 0.2) is 0 Å². The zero-order chi connectivity index (χ0) is 14.7. The normalized spacial score (nSPS) is 10.2. The van der Waals surface area contributed by atoms with Crippen LogP contribution in [-0.2, 0) is 0 Å². The minimum absolute atomic E-state index is 0.307. The molecular formula is C15H17N3O2. The van der Waals surface area contributed by atoms with Crippen molar-refractivity contribution in [3.8, 4) is 5.75 Å². The number of amides is 1. The maximum Gasteiger partial charge on any atom is 0.259 e. The molecule has 0 aliphatic carbocycles. The molecule has 0 fully saturated rings. The minimum Gasteiger partial charge on any atom is -0.495 e. The van der Waals surface area contributed by atoms with E-state index in [1.807, 2.05) is 19.9 Å². The fraction of sp³-hybridized carbons (Fsp3) is 0.200. The molecule has 1 aromatic heterocycles. The van der Waals surface area contributed by atoms with E-state index in [1.165, 1.54) is 7.11 Å². The zero-order valence-corrected chi connectivity index (χ0v) is 11.7. The first-order valence-electron chi connectivity index (χ1n) is 6.20. The van der Waals surface area contributed by atoms with E-state index in [4.69, 9.17) is 10.5 Å². The number of methoxy groups -OCH3 is 1. The zero-order valence-electron chi connectivity index (χ0n) is 11.7. The van der Waals surface area contributed by atoms with Crippen LogP contribution < -0.4 is 15.8 Å². The number of nitrogens with one attached hydrogen (secondary N) is 1. The Hall–Kier alpha value is -2.56. The van der Waals surface area contributed by atoms with Gasteiger partial charge in [0.05, 0.1) is 18.4 Å². The van der Waals surface area contributed by atoms with Crippen LogP contribution in [0.4, 0.5) is 11.5 Å². The maximum atomic E-state index is 12.2. The van der Waals surface area contributed by atoms with Gasteiger partial charge in [0.25, 0.3) is 5.91 Å². The van der Waals surface area contributed by atoms with Gasteiger partial charge >= 0.3 is 0 Å². The molecule has 1 aromatic carbocycles. The Bertz CT molecular complexity index is 633. The first-order chi connectivity index (χ1) is 9.51. The topological polar surface area (TPSA) is 77.2 Å². The molecule has 3 N–H and O–H groups in total. The average molecular weight is 271 g/mol. The summed E-state index contributed by atoms with van der Waals surface area (Å²) in [5.74, 6) is 0.680. The largest absolute Gasteiger partial charge is 0.495 e. The van der Waals surface area contributed by atoms with Crippen LogP contribution in [0, 0.1) is 13.8 Å². The Kier molecular flexibility index (Phi) is 3.89. The highest BCUT2D eigenvalue weighted by Crippen LogP contribution is 2.25. The molecule has 104 valence electrons. The Morgan fingerprint density at radius 3 is 2.70 bits per heavy atom. The number of nitrogen functional groups attached to an aromatic ring is 1. The number of nitrogens with zero attached hydrogens (tertiary/aromatic N) is 1. The van der Waals surface area contributed by atoms with E-state index in [1.54, 1.807) is 24.3 Å². The van der Waals surface area contributed by atoms with Crippen molar-refractivity contribution < 1.29 is 9.53 Å². The number of para-hydroxylation sites is 1. The highest BCUT2D eigenvalue weighted by molar-refractivity contribution is 6.08. The number of hydrogen-bond donors (Lipinski definition) is 2. The third-order valence-electron chi connectivity index (χ3n) is 2.87. The smallest absolute Gasteiger partial charge is 0.259 e. The van der Waals surface area contributed by atoms with Crippen LogP contribution in [0.3, 0.4) is 0 Å². The summed E-state index contributed by atoms with van der Waals surface area (Å²) in [5, 5.41) is 2.75. The van der Waals surface area contributed by atoms with Crippen molar-refractivity contribution in [1.29, 1.82) is 0 Å². The Labute approximate surface area is 117 Å². The summed E-state index contributed by atoms with van der Waals surface area (Å²) in [4.78, 5) is 16.5. The average Bonchev–Trinajstić information content (AvgIpc) is 2.37. The van der Waals surface area contributed by atoms with E-state index in [0.717, 1.165) is 11.3 Å². The summed E-state index contributed by atoms with van der Waals surface area (Å²) >= 11 is 0. The van der Waals surface area contributed by atoms with Crippen molar-refractivity contribution in [3.63, 3.8) is 0 Å². The lowest BCUT2D eigenvalue weighted by atomic mass is 10.1. The van der Waals surface area contributed by atoms with Gasteiger partial charge in [-0.1, -0.05) is 6.07 Å². The molecule has 20 heavy (non-hydrogen) atoms. The van der Waals surface area contributed by atoms with Crippen molar-refractivity contribution in [2.45, 2.75) is 13.8 Å². The quantitative estimate of drug-likeness (QED) is 0.841. The third-order valence-corrected chi connectivity index (χ3v) is 2.87. The van der Waals surface area contributed by atoms with Crippen LogP contribution in [-0.4, -0.2) is 18.0 Å². The number of rotatable bonds is 3. The summed E-state index contributed by atoms with van der Waals surface area (Å²) in [5.41, 5.74) is 8.46. The van der Waals surface area contributed by atoms with E-state index in [0.29, 0.717) is 22.8 Å². The summed E-state index contributed by atoms with van der Waals surface area (Å²) in [6.07, 6.45) is 0. The predicted octanol–water partition coefficient (Wildman–Crippen LogP) is 2.54. The molecule has 0 saturated carbocycles. The Morgan fingerprint density at radius 2 is 2.05 bits per heavy atom. The lowest BCUT2D eigenvalue weighted by Crippen LogP contribution is -2.15. The second-order valence-corrected chi connectivity index (χ2v) is 4.55. The van der Waals surface area contributed by atoms with Crippen LogP contribution in [0.25, 0.3) is 0 Å². The third kappa shape index (κ3) is 2.88. The first kappa shape index (κ1) is 13.9. The highest BCUT2D eigenvalue weighted by Gasteiger charge is 2.13. The van der Waals surface area contributed by atoms with Crippen LogP contribution in [0.1, 0.15) is 21.6 Å².